The molecule has 0 spiro atoms. The van der Waals surface area contributed by atoms with Crippen LogP contribution in [0.4, 0.5) is 0 Å². The minimum atomic E-state index is -0.282. The van der Waals surface area contributed by atoms with Gasteiger partial charge in [-0.1, -0.05) is 23.2 Å². The molecule has 1 N–H and O–H groups in total. The Balaban J connectivity index is 1.93. The zero-order valence-electron chi connectivity index (χ0n) is 11.0. The van der Waals surface area contributed by atoms with Crippen LogP contribution in [-0.2, 0) is 4.79 Å². The fourth-order valence-electron chi connectivity index (χ4n) is 2.13. The number of aromatic nitrogens is 1. The van der Waals surface area contributed by atoms with Crippen LogP contribution >= 0.6 is 23.2 Å². The summed E-state index contributed by atoms with van der Waals surface area (Å²) >= 11 is 11.5. The lowest BCUT2D eigenvalue weighted by atomic mass is 10.2. The van der Waals surface area contributed by atoms with E-state index >= 15 is 0 Å². The van der Waals surface area contributed by atoms with Crippen molar-refractivity contribution in [2.24, 2.45) is 0 Å². The summed E-state index contributed by atoms with van der Waals surface area (Å²) in [5.41, 5.74) is 0.346. The van der Waals surface area contributed by atoms with Gasteiger partial charge < -0.3 is 10.2 Å². The second-order valence-electron chi connectivity index (χ2n) is 4.81. The van der Waals surface area contributed by atoms with Crippen LogP contribution in [0.3, 0.4) is 0 Å². The van der Waals surface area contributed by atoms with Crippen molar-refractivity contribution in [3.05, 3.63) is 28.0 Å². The number of hydrogen-bond acceptors (Lipinski definition) is 3. The predicted molar refractivity (Wildman–Crippen MR) is 77.0 cm³/mol. The first-order valence-electron chi connectivity index (χ1n) is 6.37. The van der Waals surface area contributed by atoms with E-state index in [4.69, 9.17) is 23.2 Å². The lowest BCUT2D eigenvalue weighted by Gasteiger charge is -2.21. The minimum absolute atomic E-state index is 0.140. The lowest BCUT2D eigenvalue weighted by molar-refractivity contribution is -0.127. The molecular weight excluding hydrogens is 301 g/mol. The highest BCUT2D eigenvalue weighted by Gasteiger charge is 2.22. The van der Waals surface area contributed by atoms with Crippen LogP contribution in [0, 0.1) is 0 Å². The quantitative estimate of drug-likeness (QED) is 0.866. The molecule has 2 heterocycles. The first kappa shape index (κ1) is 15.1. The van der Waals surface area contributed by atoms with E-state index < -0.39 is 0 Å². The molecule has 0 saturated carbocycles. The molecule has 1 aromatic heterocycles. The van der Waals surface area contributed by atoms with Crippen LogP contribution in [0.15, 0.2) is 12.3 Å². The minimum Gasteiger partial charge on any atom is -0.348 e. The number of likely N-dealkylation sites (tertiary alicyclic amines) is 1. The van der Waals surface area contributed by atoms with E-state index in [9.17, 15) is 9.59 Å². The van der Waals surface area contributed by atoms with Crippen molar-refractivity contribution < 1.29 is 9.59 Å². The molecule has 20 heavy (non-hydrogen) atoms. The van der Waals surface area contributed by atoms with Crippen molar-refractivity contribution in [3.8, 4) is 0 Å². The number of amides is 2. The maximum Gasteiger partial charge on any atom is 0.253 e. The van der Waals surface area contributed by atoms with Gasteiger partial charge in [-0.3, -0.25) is 9.59 Å². The average molecular weight is 316 g/mol. The molecule has 0 radical (unpaired) electrons. The summed E-state index contributed by atoms with van der Waals surface area (Å²) in [6.07, 6.45) is 2.85. The molecule has 5 nitrogen and oxygen atoms in total. The van der Waals surface area contributed by atoms with E-state index in [1.54, 1.807) is 4.90 Å². The molecule has 1 unspecified atom stereocenters. The average Bonchev–Trinajstić information content (AvgIpc) is 2.78. The molecule has 2 amide bonds. The molecule has 2 rings (SSSR count). The SMILES string of the molecule is CC(CN1CCCC1=O)NC(=O)c1cnc(Cl)c(Cl)c1. The Morgan fingerprint density at radius 3 is 2.90 bits per heavy atom. The fourth-order valence-corrected chi connectivity index (χ4v) is 2.40. The molecule has 1 atom stereocenters. The molecule has 7 heteroatoms. The summed E-state index contributed by atoms with van der Waals surface area (Å²) in [5, 5.41) is 3.22. The Labute approximate surface area is 127 Å². The van der Waals surface area contributed by atoms with Crippen molar-refractivity contribution in [3.63, 3.8) is 0 Å². The second kappa shape index (κ2) is 6.41. The molecule has 1 aliphatic rings. The maximum atomic E-state index is 12.0. The maximum absolute atomic E-state index is 12.0. The van der Waals surface area contributed by atoms with Crippen LogP contribution in [0.2, 0.25) is 10.2 Å². The van der Waals surface area contributed by atoms with Crippen LogP contribution in [-0.4, -0.2) is 40.8 Å². The number of carbonyl (C=O) groups excluding carboxylic acids is 2. The van der Waals surface area contributed by atoms with Crippen molar-refractivity contribution in [1.29, 1.82) is 0 Å². The van der Waals surface area contributed by atoms with Gasteiger partial charge in [-0.05, 0) is 19.4 Å². The van der Waals surface area contributed by atoms with Crippen molar-refractivity contribution in [2.75, 3.05) is 13.1 Å². The summed E-state index contributed by atoms with van der Waals surface area (Å²) < 4.78 is 0. The molecule has 1 aromatic rings. The molecular formula is C13H15Cl2N3O2. The Hall–Kier alpha value is -1.33. The number of hydrogen-bond donors (Lipinski definition) is 1. The van der Waals surface area contributed by atoms with Crippen LogP contribution in [0.5, 0.6) is 0 Å². The van der Waals surface area contributed by atoms with E-state index in [1.807, 2.05) is 6.92 Å². The van der Waals surface area contributed by atoms with Gasteiger partial charge in [0.05, 0.1) is 10.6 Å². The summed E-state index contributed by atoms with van der Waals surface area (Å²) in [5.74, 6) is -0.141. The number of nitrogens with one attached hydrogen (secondary N) is 1. The molecule has 1 fully saturated rings. The number of carbonyl (C=O) groups is 2. The highest BCUT2D eigenvalue weighted by molar-refractivity contribution is 6.41. The van der Waals surface area contributed by atoms with E-state index in [0.717, 1.165) is 13.0 Å². The summed E-state index contributed by atoms with van der Waals surface area (Å²) in [4.78, 5) is 29.1. The van der Waals surface area contributed by atoms with Gasteiger partial charge in [0, 0.05) is 31.7 Å². The first-order chi connectivity index (χ1) is 9.47. The summed E-state index contributed by atoms with van der Waals surface area (Å²) in [6, 6.07) is 1.33. The van der Waals surface area contributed by atoms with Gasteiger partial charge in [-0.2, -0.15) is 0 Å². The third-order valence-corrected chi connectivity index (χ3v) is 3.79. The van der Waals surface area contributed by atoms with Crippen LogP contribution in [0.25, 0.3) is 0 Å². The van der Waals surface area contributed by atoms with Crippen molar-refractivity contribution in [1.82, 2.24) is 15.2 Å². The molecule has 1 aliphatic heterocycles. The van der Waals surface area contributed by atoms with E-state index in [1.165, 1.54) is 12.3 Å². The van der Waals surface area contributed by atoms with Crippen LogP contribution < -0.4 is 5.32 Å². The van der Waals surface area contributed by atoms with Crippen molar-refractivity contribution in [2.45, 2.75) is 25.8 Å². The Bertz CT molecular complexity index is 536. The van der Waals surface area contributed by atoms with Crippen LogP contribution in [0.1, 0.15) is 30.1 Å². The third-order valence-electron chi connectivity index (χ3n) is 3.10. The van der Waals surface area contributed by atoms with E-state index in [2.05, 4.69) is 10.3 Å². The first-order valence-corrected chi connectivity index (χ1v) is 7.12. The monoisotopic (exact) mass is 315 g/mol. The molecule has 0 aliphatic carbocycles. The van der Waals surface area contributed by atoms with Gasteiger partial charge in [0.25, 0.3) is 5.91 Å². The Kier molecular flexibility index (Phi) is 4.83. The summed E-state index contributed by atoms with van der Waals surface area (Å²) in [6.45, 7) is 3.13. The predicted octanol–water partition coefficient (Wildman–Crippen LogP) is 2.13. The zero-order chi connectivity index (χ0) is 14.7. The smallest absolute Gasteiger partial charge is 0.253 e. The summed E-state index contributed by atoms with van der Waals surface area (Å²) in [7, 11) is 0. The standard InChI is InChI=1S/C13H15Cl2N3O2/c1-8(7-18-4-2-3-11(18)19)17-13(20)9-5-10(14)12(15)16-6-9/h5-6,8H,2-4,7H2,1H3,(H,17,20). The number of rotatable bonds is 4. The highest BCUT2D eigenvalue weighted by Crippen LogP contribution is 2.19. The third kappa shape index (κ3) is 3.61. The van der Waals surface area contributed by atoms with Gasteiger partial charge in [0.2, 0.25) is 5.91 Å². The Morgan fingerprint density at radius 2 is 2.30 bits per heavy atom. The van der Waals surface area contributed by atoms with Gasteiger partial charge in [0.1, 0.15) is 5.15 Å². The van der Waals surface area contributed by atoms with Gasteiger partial charge in [-0.15, -0.1) is 0 Å². The molecule has 0 aromatic carbocycles. The normalized spacial score (nSPS) is 16.4. The van der Waals surface area contributed by atoms with E-state index in [0.29, 0.717) is 18.5 Å². The second-order valence-corrected chi connectivity index (χ2v) is 5.58. The molecule has 0 bridgehead atoms. The Morgan fingerprint density at radius 1 is 1.55 bits per heavy atom. The van der Waals surface area contributed by atoms with Gasteiger partial charge in [0.15, 0.2) is 0 Å². The van der Waals surface area contributed by atoms with E-state index in [-0.39, 0.29) is 28.0 Å². The fraction of sp³-hybridized carbons (Fsp3) is 0.462. The number of nitrogens with zero attached hydrogens (tertiary/aromatic N) is 2. The largest absolute Gasteiger partial charge is 0.348 e. The van der Waals surface area contributed by atoms with Crippen molar-refractivity contribution >= 4 is 35.0 Å². The molecule has 1 saturated heterocycles. The topological polar surface area (TPSA) is 62.3 Å². The number of halogens is 2. The molecule has 108 valence electrons. The highest BCUT2D eigenvalue weighted by atomic mass is 35.5. The van der Waals surface area contributed by atoms with Gasteiger partial charge in [-0.25, -0.2) is 4.98 Å². The number of pyridine rings is 1. The zero-order valence-corrected chi connectivity index (χ0v) is 12.5. The lowest BCUT2D eigenvalue weighted by Crippen LogP contribution is -2.42. The van der Waals surface area contributed by atoms with Gasteiger partial charge >= 0.3 is 0 Å².